The van der Waals surface area contributed by atoms with Gasteiger partial charge >= 0.3 is 0 Å². The fraction of sp³-hybridized carbons (Fsp3) is 0.600. The van der Waals surface area contributed by atoms with E-state index in [1.807, 2.05) is 7.05 Å². The van der Waals surface area contributed by atoms with Crippen LogP contribution in [0.2, 0.25) is 0 Å². The molecule has 1 heterocycles. The second-order valence-electron chi connectivity index (χ2n) is 3.75. The van der Waals surface area contributed by atoms with Crippen LogP contribution in [0.1, 0.15) is 30.1 Å². The first kappa shape index (κ1) is 9.40. The first-order valence-corrected chi connectivity index (χ1v) is 5.04. The molecule has 4 nitrogen and oxygen atoms in total. The number of nitrogens with one attached hydrogen (secondary N) is 2. The minimum atomic E-state index is 0.0251. The highest BCUT2D eigenvalue weighted by Gasteiger charge is 2.25. The van der Waals surface area contributed by atoms with E-state index in [4.69, 9.17) is 0 Å². The van der Waals surface area contributed by atoms with E-state index in [1.165, 1.54) is 12.8 Å². The monoisotopic (exact) mass is 193 g/mol. The van der Waals surface area contributed by atoms with Gasteiger partial charge in [0.2, 0.25) is 0 Å². The topological polar surface area (TPSA) is 57.8 Å². The molecule has 0 aliphatic heterocycles. The summed E-state index contributed by atoms with van der Waals surface area (Å²) < 4.78 is 0. The van der Waals surface area contributed by atoms with Crippen molar-refractivity contribution in [2.75, 3.05) is 13.6 Å². The van der Waals surface area contributed by atoms with Crippen molar-refractivity contribution in [2.24, 2.45) is 0 Å². The maximum absolute atomic E-state index is 11.6. The molecule has 14 heavy (non-hydrogen) atoms. The second-order valence-corrected chi connectivity index (χ2v) is 3.75. The fourth-order valence-electron chi connectivity index (χ4n) is 1.44. The average molecular weight is 193 g/mol. The zero-order valence-corrected chi connectivity index (χ0v) is 8.34. The molecule has 0 amide bonds. The molecule has 0 aromatic carbocycles. The third kappa shape index (κ3) is 2.01. The van der Waals surface area contributed by atoms with Crippen molar-refractivity contribution in [3.05, 3.63) is 27.9 Å². The SMILES string of the molecule is CNCCc1cnc(C2CC2)[nH]c1=O. The molecule has 0 unspecified atom stereocenters. The molecular weight excluding hydrogens is 178 g/mol. The van der Waals surface area contributed by atoms with Crippen LogP contribution in [0.25, 0.3) is 0 Å². The highest BCUT2D eigenvalue weighted by Crippen LogP contribution is 2.37. The van der Waals surface area contributed by atoms with Gasteiger partial charge in [-0.2, -0.15) is 0 Å². The lowest BCUT2D eigenvalue weighted by Gasteiger charge is -2.01. The zero-order chi connectivity index (χ0) is 9.97. The van der Waals surface area contributed by atoms with Crippen LogP contribution in [0.5, 0.6) is 0 Å². The molecule has 4 heteroatoms. The quantitative estimate of drug-likeness (QED) is 0.728. The van der Waals surface area contributed by atoms with E-state index in [9.17, 15) is 4.79 Å². The molecule has 1 aromatic rings. The number of H-pyrrole nitrogens is 1. The normalized spacial score (nSPS) is 15.8. The van der Waals surface area contributed by atoms with E-state index in [-0.39, 0.29) is 5.56 Å². The Morgan fingerprint density at radius 3 is 3.00 bits per heavy atom. The summed E-state index contributed by atoms with van der Waals surface area (Å²) >= 11 is 0. The predicted octanol–water partition coefficient (Wildman–Crippen LogP) is 0.409. The van der Waals surface area contributed by atoms with E-state index in [0.717, 1.165) is 24.4 Å². The molecule has 2 N–H and O–H groups in total. The standard InChI is InChI=1S/C10H15N3O/c1-11-5-4-8-6-12-9(7-2-3-7)13-10(8)14/h6-7,11H,2-5H2,1H3,(H,12,13,14). The molecule has 0 spiro atoms. The van der Waals surface area contributed by atoms with Gasteiger partial charge in [0.1, 0.15) is 5.82 Å². The number of hydrogen-bond donors (Lipinski definition) is 2. The molecule has 76 valence electrons. The fourth-order valence-corrected chi connectivity index (χ4v) is 1.44. The first-order chi connectivity index (χ1) is 6.81. The lowest BCUT2D eigenvalue weighted by molar-refractivity contribution is 0.772. The van der Waals surface area contributed by atoms with Crippen molar-refractivity contribution >= 4 is 0 Å². The number of aromatic nitrogens is 2. The van der Waals surface area contributed by atoms with Gasteiger partial charge in [0.15, 0.2) is 0 Å². The smallest absolute Gasteiger partial charge is 0.254 e. The van der Waals surface area contributed by atoms with Crippen LogP contribution < -0.4 is 10.9 Å². The van der Waals surface area contributed by atoms with Gasteiger partial charge in [0.05, 0.1) is 0 Å². The molecule has 1 fully saturated rings. The third-order valence-electron chi connectivity index (χ3n) is 2.50. The molecule has 1 aliphatic carbocycles. The molecule has 1 saturated carbocycles. The van der Waals surface area contributed by atoms with Crippen molar-refractivity contribution < 1.29 is 0 Å². The summed E-state index contributed by atoms with van der Waals surface area (Å²) in [7, 11) is 1.88. The van der Waals surface area contributed by atoms with Gasteiger partial charge in [0.25, 0.3) is 5.56 Å². The minimum absolute atomic E-state index is 0.0251. The Labute approximate surface area is 82.8 Å². The summed E-state index contributed by atoms with van der Waals surface area (Å²) in [5.41, 5.74) is 0.793. The van der Waals surface area contributed by atoms with Gasteiger partial charge in [-0.3, -0.25) is 4.79 Å². The minimum Gasteiger partial charge on any atom is -0.319 e. The van der Waals surface area contributed by atoms with Gasteiger partial charge in [-0.05, 0) is 32.9 Å². The molecule has 1 aromatic heterocycles. The van der Waals surface area contributed by atoms with Gasteiger partial charge < -0.3 is 10.3 Å². The maximum atomic E-state index is 11.6. The first-order valence-electron chi connectivity index (χ1n) is 5.04. The van der Waals surface area contributed by atoms with Crippen LogP contribution in [-0.2, 0) is 6.42 Å². The Hall–Kier alpha value is -1.16. The largest absolute Gasteiger partial charge is 0.319 e. The van der Waals surface area contributed by atoms with E-state index in [2.05, 4.69) is 15.3 Å². The van der Waals surface area contributed by atoms with Crippen molar-refractivity contribution in [1.82, 2.24) is 15.3 Å². The number of hydrogen-bond acceptors (Lipinski definition) is 3. The number of nitrogens with zero attached hydrogens (tertiary/aromatic N) is 1. The molecule has 0 bridgehead atoms. The van der Waals surface area contributed by atoms with E-state index in [0.29, 0.717) is 5.92 Å². The number of aromatic amines is 1. The van der Waals surface area contributed by atoms with Crippen LogP contribution in [0.4, 0.5) is 0 Å². The van der Waals surface area contributed by atoms with Gasteiger partial charge in [-0.25, -0.2) is 4.98 Å². The Morgan fingerprint density at radius 1 is 1.64 bits per heavy atom. The number of likely N-dealkylation sites (N-methyl/N-ethyl adjacent to an activating group) is 1. The zero-order valence-electron chi connectivity index (χ0n) is 8.34. The molecular formula is C10H15N3O. The Bertz CT molecular complexity index is 368. The summed E-state index contributed by atoms with van der Waals surface area (Å²) in [4.78, 5) is 18.7. The van der Waals surface area contributed by atoms with Crippen LogP contribution in [-0.4, -0.2) is 23.6 Å². The van der Waals surface area contributed by atoms with E-state index < -0.39 is 0 Å². The molecule has 0 saturated heterocycles. The molecule has 2 rings (SSSR count). The predicted molar refractivity (Wildman–Crippen MR) is 54.5 cm³/mol. The van der Waals surface area contributed by atoms with Gasteiger partial charge in [-0.1, -0.05) is 0 Å². The summed E-state index contributed by atoms with van der Waals surface area (Å²) in [6.45, 7) is 0.813. The van der Waals surface area contributed by atoms with Crippen LogP contribution in [0.15, 0.2) is 11.0 Å². The Morgan fingerprint density at radius 2 is 2.43 bits per heavy atom. The van der Waals surface area contributed by atoms with Crippen LogP contribution in [0, 0.1) is 0 Å². The summed E-state index contributed by atoms with van der Waals surface area (Å²) in [5, 5.41) is 3.01. The number of rotatable bonds is 4. The van der Waals surface area contributed by atoms with E-state index >= 15 is 0 Å². The third-order valence-corrected chi connectivity index (χ3v) is 2.50. The second kappa shape index (κ2) is 3.92. The Balaban J connectivity index is 2.14. The highest BCUT2D eigenvalue weighted by molar-refractivity contribution is 5.11. The van der Waals surface area contributed by atoms with Crippen LogP contribution in [0.3, 0.4) is 0 Å². The van der Waals surface area contributed by atoms with Crippen molar-refractivity contribution in [2.45, 2.75) is 25.2 Å². The summed E-state index contributed by atoms with van der Waals surface area (Å²) in [6, 6.07) is 0. The Kier molecular flexibility index (Phi) is 2.63. The molecule has 0 radical (unpaired) electrons. The average Bonchev–Trinajstić information content (AvgIpc) is 2.99. The molecule has 1 aliphatic rings. The summed E-state index contributed by atoms with van der Waals surface area (Å²) in [5.74, 6) is 1.38. The highest BCUT2D eigenvalue weighted by atomic mass is 16.1. The lowest BCUT2D eigenvalue weighted by atomic mass is 10.2. The summed E-state index contributed by atoms with van der Waals surface area (Å²) in [6.07, 6.45) is 4.78. The van der Waals surface area contributed by atoms with Gasteiger partial charge in [-0.15, -0.1) is 0 Å². The van der Waals surface area contributed by atoms with Gasteiger partial charge in [0, 0.05) is 17.7 Å². The lowest BCUT2D eigenvalue weighted by Crippen LogP contribution is -2.20. The van der Waals surface area contributed by atoms with E-state index in [1.54, 1.807) is 6.20 Å². The van der Waals surface area contributed by atoms with Crippen molar-refractivity contribution in [1.29, 1.82) is 0 Å². The van der Waals surface area contributed by atoms with Crippen molar-refractivity contribution in [3.8, 4) is 0 Å². The maximum Gasteiger partial charge on any atom is 0.254 e. The van der Waals surface area contributed by atoms with Crippen LogP contribution >= 0.6 is 0 Å². The van der Waals surface area contributed by atoms with Crippen molar-refractivity contribution in [3.63, 3.8) is 0 Å². The molecule has 0 atom stereocenters.